The van der Waals surface area contributed by atoms with Gasteiger partial charge in [0.1, 0.15) is 6.34 Å². The van der Waals surface area contributed by atoms with Crippen molar-refractivity contribution < 1.29 is 0 Å². The summed E-state index contributed by atoms with van der Waals surface area (Å²) in [5, 5.41) is 0. The summed E-state index contributed by atoms with van der Waals surface area (Å²) in [5.41, 5.74) is 7.80. The number of hydrogen-bond acceptors (Lipinski definition) is 4. The molecule has 15 heavy (non-hydrogen) atoms. The lowest BCUT2D eigenvalue weighted by atomic mass is 10.2. The Morgan fingerprint density at radius 1 is 1.33 bits per heavy atom. The minimum absolute atomic E-state index is 0.751. The Hall–Kier alpha value is -1.42. The molecule has 0 aromatic heterocycles. The van der Waals surface area contributed by atoms with E-state index in [0.29, 0.717) is 0 Å². The molecule has 4 heteroatoms. The van der Waals surface area contributed by atoms with Gasteiger partial charge in [0.2, 0.25) is 0 Å². The maximum absolute atomic E-state index is 5.69. The second kappa shape index (κ2) is 4.89. The molecule has 1 aliphatic heterocycles. The summed E-state index contributed by atoms with van der Waals surface area (Å²) in [6, 6.07) is 10.4. The molecule has 0 unspecified atom stereocenters. The maximum Gasteiger partial charge on any atom is 0.101 e. The van der Waals surface area contributed by atoms with Gasteiger partial charge in [-0.3, -0.25) is 0 Å². The van der Waals surface area contributed by atoms with Gasteiger partial charge in [-0.25, -0.2) is 4.99 Å². The van der Waals surface area contributed by atoms with E-state index in [1.54, 1.807) is 18.1 Å². The Morgan fingerprint density at radius 2 is 2.13 bits per heavy atom. The zero-order valence-corrected chi connectivity index (χ0v) is 9.15. The van der Waals surface area contributed by atoms with Crippen LogP contribution in [0.25, 0.3) is 0 Å². The second-order valence-corrected chi connectivity index (χ2v) is 4.32. The van der Waals surface area contributed by atoms with Crippen LogP contribution in [0.2, 0.25) is 0 Å². The van der Waals surface area contributed by atoms with Crippen molar-refractivity contribution in [1.82, 2.24) is 4.31 Å². The highest BCUT2D eigenvalue weighted by molar-refractivity contribution is 7.96. The molecule has 0 radical (unpaired) electrons. The lowest BCUT2D eigenvalue weighted by Gasteiger charge is -2.20. The summed E-state index contributed by atoms with van der Waals surface area (Å²) < 4.78 is 2.04. The Kier molecular flexibility index (Phi) is 3.29. The predicted molar refractivity (Wildman–Crippen MR) is 65.2 cm³/mol. The van der Waals surface area contributed by atoms with Crippen molar-refractivity contribution in [3.8, 4) is 0 Å². The van der Waals surface area contributed by atoms with Crippen LogP contribution in [0.4, 0.5) is 0 Å². The molecule has 0 fully saturated rings. The Morgan fingerprint density at radius 3 is 2.87 bits per heavy atom. The molecule has 0 spiro atoms. The van der Waals surface area contributed by atoms with Crippen LogP contribution >= 0.6 is 11.9 Å². The third-order valence-corrected chi connectivity index (χ3v) is 3.03. The maximum atomic E-state index is 5.69. The first-order valence-electron chi connectivity index (χ1n) is 4.76. The van der Waals surface area contributed by atoms with E-state index in [2.05, 4.69) is 29.3 Å². The monoisotopic (exact) mass is 219 g/mol. The fourth-order valence-corrected chi connectivity index (χ4v) is 2.14. The summed E-state index contributed by atoms with van der Waals surface area (Å²) in [5.74, 6) is 0.945. The molecule has 2 rings (SSSR count). The third-order valence-electron chi connectivity index (χ3n) is 2.01. The molecule has 1 aromatic rings. The van der Waals surface area contributed by atoms with Gasteiger partial charge in [0.25, 0.3) is 0 Å². The van der Waals surface area contributed by atoms with Gasteiger partial charge >= 0.3 is 0 Å². The van der Waals surface area contributed by atoms with Crippen molar-refractivity contribution in [2.45, 2.75) is 5.75 Å². The minimum Gasteiger partial charge on any atom is -0.399 e. The molecular weight excluding hydrogens is 206 g/mol. The number of nitrogens with two attached hydrogens (primary N) is 1. The summed E-state index contributed by atoms with van der Waals surface area (Å²) in [6.45, 7) is 0.751. The smallest absolute Gasteiger partial charge is 0.101 e. The van der Waals surface area contributed by atoms with E-state index in [-0.39, 0.29) is 0 Å². The zero-order chi connectivity index (χ0) is 10.5. The van der Waals surface area contributed by atoms with Gasteiger partial charge in [-0.2, -0.15) is 0 Å². The van der Waals surface area contributed by atoms with Gasteiger partial charge in [0, 0.05) is 17.6 Å². The summed E-state index contributed by atoms with van der Waals surface area (Å²) in [7, 11) is 0. The molecule has 1 aliphatic rings. The number of rotatable bonds is 3. The Bertz CT molecular complexity index is 373. The van der Waals surface area contributed by atoms with E-state index in [4.69, 9.17) is 5.73 Å². The molecule has 1 heterocycles. The molecular formula is C11H13N3S. The predicted octanol–water partition coefficient (Wildman–Crippen LogP) is 1.98. The summed E-state index contributed by atoms with van der Waals surface area (Å²) >= 11 is 1.72. The van der Waals surface area contributed by atoms with E-state index in [0.717, 1.165) is 18.0 Å². The molecule has 0 bridgehead atoms. The SMILES string of the molecule is NC1=CN=CN(SCc2ccccc2)C1. The molecule has 0 atom stereocenters. The van der Waals surface area contributed by atoms with E-state index in [1.165, 1.54) is 5.56 Å². The van der Waals surface area contributed by atoms with E-state index in [1.807, 2.05) is 16.7 Å². The zero-order valence-electron chi connectivity index (χ0n) is 8.34. The molecule has 0 aliphatic carbocycles. The van der Waals surface area contributed by atoms with E-state index in [9.17, 15) is 0 Å². The van der Waals surface area contributed by atoms with Gasteiger partial charge < -0.3 is 10.0 Å². The highest BCUT2D eigenvalue weighted by Crippen LogP contribution is 2.17. The van der Waals surface area contributed by atoms with Crippen LogP contribution in [-0.2, 0) is 5.75 Å². The van der Waals surface area contributed by atoms with Gasteiger partial charge in [-0.1, -0.05) is 30.3 Å². The second-order valence-electron chi connectivity index (χ2n) is 3.30. The van der Waals surface area contributed by atoms with Crippen LogP contribution in [0.1, 0.15) is 5.56 Å². The van der Waals surface area contributed by atoms with Gasteiger partial charge in [-0.05, 0) is 17.5 Å². The Balaban J connectivity index is 1.85. The first-order chi connectivity index (χ1) is 7.34. The highest BCUT2D eigenvalue weighted by atomic mass is 32.2. The molecule has 78 valence electrons. The van der Waals surface area contributed by atoms with Gasteiger partial charge in [-0.15, -0.1) is 0 Å². The van der Waals surface area contributed by atoms with Crippen molar-refractivity contribution in [1.29, 1.82) is 0 Å². The normalized spacial score (nSPS) is 15.2. The van der Waals surface area contributed by atoms with E-state index < -0.39 is 0 Å². The average molecular weight is 219 g/mol. The summed E-state index contributed by atoms with van der Waals surface area (Å²) in [6.07, 6.45) is 3.50. The lowest BCUT2D eigenvalue weighted by Crippen LogP contribution is -2.23. The first-order valence-corrected chi connectivity index (χ1v) is 5.70. The average Bonchev–Trinajstić information content (AvgIpc) is 2.28. The van der Waals surface area contributed by atoms with Crippen LogP contribution in [0.15, 0.2) is 47.2 Å². The third kappa shape index (κ3) is 3.02. The van der Waals surface area contributed by atoms with E-state index >= 15 is 0 Å². The topological polar surface area (TPSA) is 41.6 Å². The Labute approximate surface area is 93.8 Å². The fourth-order valence-electron chi connectivity index (χ4n) is 1.28. The molecule has 0 saturated heterocycles. The van der Waals surface area contributed by atoms with Gasteiger partial charge in [0.05, 0.1) is 6.54 Å². The minimum atomic E-state index is 0.751. The van der Waals surface area contributed by atoms with Crippen LogP contribution in [-0.4, -0.2) is 17.2 Å². The van der Waals surface area contributed by atoms with Crippen LogP contribution in [0, 0.1) is 0 Å². The van der Waals surface area contributed by atoms with Crippen LogP contribution < -0.4 is 5.73 Å². The highest BCUT2D eigenvalue weighted by Gasteiger charge is 2.06. The molecule has 0 saturated carbocycles. The quantitative estimate of drug-likeness (QED) is 0.790. The molecule has 0 amide bonds. The largest absolute Gasteiger partial charge is 0.399 e. The number of hydrogen-bond donors (Lipinski definition) is 1. The number of benzene rings is 1. The number of aliphatic imine (C=N–C) groups is 1. The first kappa shape index (κ1) is 10.1. The number of nitrogens with zero attached hydrogens (tertiary/aromatic N) is 2. The van der Waals surface area contributed by atoms with Gasteiger partial charge in [0.15, 0.2) is 0 Å². The molecule has 2 N–H and O–H groups in total. The standard InChI is InChI=1S/C11H13N3S/c12-11-6-13-9-14(7-11)15-8-10-4-2-1-3-5-10/h1-6,9H,7-8,12H2. The molecule has 1 aromatic carbocycles. The van der Waals surface area contributed by atoms with Crippen molar-refractivity contribution in [2.24, 2.45) is 10.7 Å². The van der Waals surface area contributed by atoms with Crippen molar-refractivity contribution in [3.05, 3.63) is 47.8 Å². The summed E-state index contributed by atoms with van der Waals surface area (Å²) in [4.78, 5) is 4.04. The van der Waals surface area contributed by atoms with Crippen LogP contribution in [0.5, 0.6) is 0 Å². The molecule has 3 nitrogen and oxygen atoms in total. The van der Waals surface area contributed by atoms with Crippen molar-refractivity contribution in [3.63, 3.8) is 0 Å². The van der Waals surface area contributed by atoms with Crippen molar-refractivity contribution >= 4 is 18.3 Å². The fraction of sp³-hybridized carbons (Fsp3) is 0.182. The van der Waals surface area contributed by atoms with Crippen LogP contribution in [0.3, 0.4) is 0 Å². The lowest BCUT2D eigenvalue weighted by molar-refractivity contribution is 0.728. The van der Waals surface area contributed by atoms with Crippen molar-refractivity contribution in [2.75, 3.05) is 6.54 Å².